The monoisotopic (exact) mass is 286 g/mol. The summed E-state index contributed by atoms with van der Waals surface area (Å²) in [5.74, 6) is 1.21. The van der Waals surface area contributed by atoms with Crippen molar-refractivity contribution < 1.29 is 9.52 Å². The van der Waals surface area contributed by atoms with E-state index < -0.39 is 0 Å². The molecule has 2 aromatic rings. The fourth-order valence-corrected chi connectivity index (χ4v) is 2.94. The van der Waals surface area contributed by atoms with E-state index in [0.717, 1.165) is 12.1 Å². The molecule has 0 bridgehead atoms. The van der Waals surface area contributed by atoms with Crippen molar-refractivity contribution in [1.29, 1.82) is 0 Å². The number of aromatic hydroxyl groups is 1. The zero-order valence-electron chi connectivity index (χ0n) is 12.2. The van der Waals surface area contributed by atoms with E-state index in [-0.39, 0.29) is 5.88 Å². The Balaban J connectivity index is 1.58. The lowest BCUT2D eigenvalue weighted by Crippen LogP contribution is -2.17. The van der Waals surface area contributed by atoms with Crippen molar-refractivity contribution >= 4 is 6.01 Å². The summed E-state index contributed by atoms with van der Waals surface area (Å²) in [6.45, 7) is 0.880. The Labute approximate surface area is 125 Å². The second kappa shape index (κ2) is 6.66. The van der Waals surface area contributed by atoms with Crippen molar-refractivity contribution in [2.45, 2.75) is 38.5 Å². The van der Waals surface area contributed by atoms with Crippen LogP contribution in [-0.4, -0.2) is 16.6 Å². The maximum absolute atomic E-state index is 9.88. The number of oxazole rings is 1. The van der Waals surface area contributed by atoms with Gasteiger partial charge >= 0.3 is 0 Å². The number of nitrogens with zero attached hydrogens (tertiary/aromatic N) is 1. The van der Waals surface area contributed by atoms with Crippen molar-refractivity contribution in [2.24, 2.45) is 5.92 Å². The Hall–Kier alpha value is -1.97. The third-order valence-electron chi connectivity index (χ3n) is 4.15. The van der Waals surface area contributed by atoms with Gasteiger partial charge in [-0.1, -0.05) is 49.6 Å². The van der Waals surface area contributed by atoms with E-state index in [0.29, 0.717) is 24.1 Å². The van der Waals surface area contributed by atoms with E-state index in [1.807, 2.05) is 30.3 Å². The van der Waals surface area contributed by atoms with Crippen LogP contribution in [0.4, 0.5) is 6.01 Å². The number of hydrogen-bond acceptors (Lipinski definition) is 4. The minimum absolute atomic E-state index is 0.00926. The molecule has 0 unspecified atom stereocenters. The zero-order chi connectivity index (χ0) is 14.5. The van der Waals surface area contributed by atoms with Gasteiger partial charge in [0.15, 0.2) is 5.76 Å². The highest BCUT2D eigenvalue weighted by Crippen LogP contribution is 2.26. The molecule has 1 heterocycles. The third kappa shape index (κ3) is 3.78. The normalized spacial score (nSPS) is 16.0. The predicted octanol–water partition coefficient (Wildman–Crippen LogP) is 3.96. The average Bonchev–Trinajstić information content (AvgIpc) is 2.87. The number of aromatic nitrogens is 1. The molecule has 1 saturated carbocycles. The number of benzene rings is 1. The molecule has 0 radical (unpaired) electrons. The van der Waals surface area contributed by atoms with Gasteiger partial charge in [-0.2, -0.15) is 4.98 Å². The smallest absolute Gasteiger partial charge is 0.298 e. The first-order valence-corrected chi connectivity index (χ1v) is 7.78. The number of rotatable bonds is 5. The van der Waals surface area contributed by atoms with Crippen LogP contribution in [0.15, 0.2) is 34.7 Å². The molecule has 3 rings (SSSR count). The molecule has 4 heteroatoms. The molecule has 21 heavy (non-hydrogen) atoms. The van der Waals surface area contributed by atoms with Crippen molar-refractivity contribution in [2.75, 3.05) is 11.9 Å². The first kappa shape index (κ1) is 14.0. The lowest BCUT2D eigenvalue weighted by Gasteiger charge is -2.21. The summed E-state index contributed by atoms with van der Waals surface area (Å²) in [6.07, 6.45) is 7.11. The molecule has 0 amide bonds. The van der Waals surface area contributed by atoms with Gasteiger partial charge in [0, 0.05) is 13.0 Å². The van der Waals surface area contributed by atoms with Gasteiger partial charge in [-0.25, -0.2) is 0 Å². The van der Waals surface area contributed by atoms with Crippen LogP contribution in [0.5, 0.6) is 5.88 Å². The predicted molar refractivity (Wildman–Crippen MR) is 82.5 cm³/mol. The maximum Gasteiger partial charge on any atom is 0.298 e. The molecule has 0 saturated heterocycles. The first-order valence-electron chi connectivity index (χ1n) is 7.78. The molecular weight excluding hydrogens is 264 g/mol. The molecule has 1 fully saturated rings. The summed E-state index contributed by atoms with van der Waals surface area (Å²) >= 11 is 0. The SMILES string of the molecule is Oc1nc(NCC2CCCCC2)oc1Cc1ccccc1. The second-order valence-corrected chi connectivity index (χ2v) is 5.81. The Morgan fingerprint density at radius 3 is 2.67 bits per heavy atom. The van der Waals surface area contributed by atoms with Crippen LogP contribution >= 0.6 is 0 Å². The highest BCUT2D eigenvalue weighted by atomic mass is 16.4. The summed E-state index contributed by atoms with van der Waals surface area (Å²) < 4.78 is 5.64. The molecule has 0 spiro atoms. The first-order chi connectivity index (χ1) is 10.3. The Morgan fingerprint density at radius 1 is 1.14 bits per heavy atom. The molecule has 1 aromatic carbocycles. The lowest BCUT2D eigenvalue weighted by atomic mass is 9.89. The van der Waals surface area contributed by atoms with Gasteiger partial charge in [-0.05, 0) is 24.3 Å². The van der Waals surface area contributed by atoms with Gasteiger partial charge in [-0.15, -0.1) is 0 Å². The quantitative estimate of drug-likeness (QED) is 0.873. The molecule has 1 aliphatic carbocycles. The molecule has 112 valence electrons. The Morgan fingerprint density at radius 2 is 1.90 bits per heavy atom. The van der Waals surface area contributed by atoms with Crippen LogP contribution in [-0.2, 0) is 6.42 Å². The van der Waals surface area contributed by atoms with Crippen molar-refractivity contribution in [3.05, 3.63) is 41.7 Å². The van der Waals surface area contributed by atoms with Crippen LogP contribution in [0, 0.1) is 5.92 Å². The molecule has 1 aromatic heterocycles. The van der Waals surface area contributed by atoms with Gasteiger partial charge in [-0.3, -0.25) is 0 Å². The molecule has 0 atom stereocenters. The van der Waals surface area contributed by atoms with Gasteiger partial charge in [0.25, 0.3) is 11.9 Å². The Kier molecular flexibility index (Phi) is 4.43. The van der Waals surface area contributed by atoms with E-state index in [2.05, 4.69) is 10.3 Å². The van der Waals surface area contributed by atoms with E-state index in [9.17, 15) is 5.11 Å². The average molecular weight is 286 g/mol. The summed E-state index contributed by atoms with van der Waals surface area (Å²) in [6, 6.07) is 10.4. The summed E-state index contributed by atoms with van der Waals surface area (Å²) in [5.41, 5.74) is 1.10. The molecule has 2 N–H and O–H groups in total. The van der Waals surface area contributed by atoms with Crippen molar-refractivity contribution in [1.82, 2.24) is 4.98 Å². The van der Waals surface area contributed by atoms with E-state index in [1.165, 1.54) is 32.1 Å². The lowest BCUT2D eigenvalue weighted by molar-refractivity contribution is 0.370. The maximum atomic E-state index is 9.88. The number of anilines is 1. The largest absolute Gasteiger partial charge is 0.491 e. The summed E-state index contributed by atoms with van der Waals surface area (Å²) in [4.78, 5) is 4.07. The third-order valence-corrected chi connectivity index (χ3v) is 4.15. The fraction of sp³-hybridized carbons (Fsp3) is 0.471. The standard InChI is InChI=1S/C17H22N2O2/c20-16-15(11-13-7-3-1-4-8-13)21-17(19-16)18-12-14-9-5-2-6-10-14/h1,3-4,7-8,14,20H,2,5-6,9-12H2,(H,18,19). The second-order valence-electron chi connectivity index (χ2n) is 5.81. The van der Waals surface area contributed by atoms with E-state index in [1.54, 1.807) is 0 Å². The van der Waals surface area contributed by atoms with Crippen LogP contribution in [0.1, 0.15) is 43.4 Å². The van der Waals surface area contributed by atoms with Gasteiger partial charge in [0.05, 0.1) is 0 Å². The summed E-state index contributed by atoms with van der Waals surface area (Å²) in [5, 5.41) is 13.1. The Bertz CT molecular complexity index is 559. The van der Waals surface area contributed by atoms with Crippen LogP contribution in [0.2, 0.25) is 0 Å². The van der Waals surface area contributed by atoms with Crippen LogP contribution < -0.4 is 5.32 Å². The minimum Gasteiger partial charge on any atom is -0.491 e. The van der Waals surface area contributed by atoms with Crippen molar-refractivity contribution in [3.8, 4) is 5.88 Å². The van der Waals surface area contributed by atoms with Crippen LogP contribution in [0.25, 0.3) is 0 Å². The zero-order valence-corrected chi connectivity index (χ0v) is 12.2. The van der Waals surface area contributed by atoms with E-state index >= 15 is 0 Å². The summed E-state index contributed by atoms with van der Waals surface area (Å²) in [7, 11) is 0. The van der Waals surface area contributed by atoms with Gasteiger partial charge < -0.3 is 14.8 Å². The molecule has 1 aliphatic rings. The fourth-order valence-electron chi connectivity index (χ4n) is 2.94. The number of nitrogens with one attached hydrogen (secondary N) is 1. The van der Waals surface area contributed by atoms with E-state index in [4.69, 9.17) is 4.42 Å². The molecule has 0 aliphatic heterocycles. The van der Waals surface area contributed by atoms with Gasteiger partial charge in [0.1, 0.15) is 0 Å². The highest BCUT2D eigenvalue weighted by molar-refractivity contribution is 5.32. The van der Waals surface area contributed by atoms with Crippen LogP contribution in [0.3, 0.4) is 0 Å². The number of hydrogen-bond donors (Lipinski definition) is 2. The highest BCUT2D eigenvalue weighted by Gasteiger charge is 2.16. The molecular formula is C17H22N2O2. The van der Waals surface area contributed by atoms with Crippen molar-refractivity contribution in [3.63, 3.8) is 0 Å². The molecule has 4 nitrogen and oxygen atoms in total. The van der Waals surface area contributed by atoms with Gasteiger partial charge in [0.2, 0.25) is 0 Å². The minimum atomic E-state index is -0.00926. The topological polar surface area (TPSA) is 58.3 Å².